The van der Waals surface area contributed by atoms with Gasteiger partial charge in [-0.1, -0.05) is 42.2 Å². The highest BCUT2D eigenvalue weighted by Gasteiger charge is 2.33. The lowest BCUT2D eigenvalue weighted by Gasteiger charge is -2.14. The average molecular weight is 382 g/mol. The van der Waals surface area contributed by atoms with Gasteiger partial charge in [-0.05, 0) is 42.8 Å². The second-order valence-electron chi connectivity index (χ2n) is 5.31. The molecule has 3 rings (SSSR count). The highest BCUT2D eigenvalue weighted by Crippen LogP contribution is 2.37. The number of phenols is 1. The molecule has 0 bridgehead atoms. The van der Waals surface area contributed by atoms with Crippen LogP contribution in [0.1, 0.15) is 12.5 Å². The van der Waals surface area contributed by atoms with E-state index in [2.05, 4.69) is 4.85 Å². The van der Waals surface area contributed by atoms with Crippen molar-refractivity contribution in [3.05, 3.63) is 64.4 Å². The quantitative estimate of drug-likeness (QED) is 0.470. The third kappa shape index (κ3) is 3.57. The van der Waals surface area contributed by atoms with Crippen LogP contribution in [0.4, 0.5) is 11.4 Å². The lowest BCUT2D eigenvalue weighted by atomic mass is 10.2. The number of ether oxygens (including phenoxy) is 1. The van der Waals surface area contributed by atoms with Crippen LogP contribution in [-0.2, 0) is 4.79 Å². The second-order valence-corrected chi connectivity index (χ2v) is 6.98. The van der Waals surface area contributed by atoms with E-state index in [0.29, 0.717) is 33.0 Å². The van der Waals surface area contributed by atoms with Gasteiger partial charge >= 0.3 is 0 Å². The molecule has 1 amide bonds. The molecule has 0 aliphatic carbocycles. The maximum atomic E-state index is 12.8. The number of nitrogens with zero attached hydrogens (tertiary/aromatic N) is 2. The van der Waals surface area contributed by atoms with Crippen LogP contribution in [0.2, 0.25) is 0 Å². The molecule has 1 heterocycles. The number of anilines is 1. The molecule has 7 heteroatoms. The van der Waals surface area contributed by atoms with Gasteiger partial charge in [0, 0.05) is 5.69 Å². The molecule has 5 nitrogen and oxygen atoms in total. The Morgan fingerprint density at radius 2 is 2.15 bits per heavy atom. The maximum Gasteiger partial charge on any atom is 0.270 e. The third-order valence-electron chi connectivity index (χ3n) is 3.59. The molecule has 1 fully saturated rings. The Morgan fingerprint density at radius 1 is 1.35 bits per heavy atom. The van der Waals surface area contributed by atoms with Gasteiger partial charge < -0.3 is 9.84 Å². The minimum Gasteiger partial charge on any atom is -0.504 e. The van der Waals surface area contributed by atoms with E-state index < -0.39 is 0 Å². The molecule has 1 N–H and O–H groups in total. The molecule has 1 aliphatic heterocycles. The largest absolute Gasteiger partial charge is 0.504 e. The molecule has 130 valence electrons. The van der Waals surface area contributed by atoms with Gasteiger partial charge in [0.15, 0.2) is 21.5 Å². The third-order valence-corrected chi connectivity index (χ3v) is 4.89. The highest BCUT2D eigenvalue weighted by molar-refractivity contribution is 8.27. The van der Waals surface area contributed by atoms with Gasteiger partial charge in [0.25, 0.3) is 5.91 Å². The van der Waals surface area contributed by atoms with Gasteiger partial charge in [-0.25, -0.2) is 4.85 Å². The van der Waals surface area contributed by atoms with E-state index in [0.717, 1.165) is 5.56 Å². The second kappa shape index (κ2) is 7.60. The summed E-state index contributed by atoms with van der Waals surface area (Å²) in [6.45, 7) is 9.37. The van der Waals surface area contributed by atoms with Crippen LogP contribution >= 0.6 is 24.0 Å². The molecule has 2 aromatic rings. The molecular weight excluding hydrogens is 368 g/mol. The Labute approximate surface area is 160 Å². The predicted octanol–water partition coefficient (Wildman–Crippen LogP) is 4.75. The lowest BCUT2D eigenvalue weighted by molar-refractivity contribution is -0.113. The van der Waals surface area contributed by atoms with Crippen LogP contribution in [0.25, 0.3) is 10.9 Å². The number of phenolic OH excluding ortho intramolecular Hbond substituents is 1. The number of carbonyl (C=O) groups is 1. The van der Waals surface area contributed by atoms with Crippen LogP contribution in [0.3, 0.4) is 0 Å². The van der Waals surface area contributed by atoms with Crippen molar-refractivity contribution < 1.29 is 14.6 Å². The number of rotatable bonds is 4. The van der Waals surface area contributed by atoms with Crippen molar-refractivity contribution in [3.8, 4) is 11.5 Å². The first-order chi connectivity index (χ1) is 12.5. The summed E-state index contributed by atoms with van der Waals surface area (Å²) in [4.78, 5) is 18.1. The molecule has 0 spiro atoms. The van der Waals surface area contributed by atoms with Crippen molar-refractivity contribution in [2.45, 2.75) is 6.92 Å². The summed E-state index contributed by atoms with van der Waals surface area (Å²) in [6, 6.07) is 11.7. The van der Waals surface area contributed by atoms with E-state index in [4.69, 9.17) is 23.5 Å². The van der Waals surface area contributed by atoms with Gasteiger partial charge in [-0.15, -0.1) is 0 Å². The number of amides is 1. The maximum absolute atomic E-state index is 12.8. The van der Waals surface area contributed by atoms with Gasteiger partial charge in [0.2, 0.25) is 0 Å². The minimum atomic E-state index is -0.242. The number of hydrogen-bond donors (Lipinski definition) is 1. The number of thioether (sulfide) groups is 1. The number of thiocarbonyl (C=S) groups is 1. The SMILES string of the molecule is [C-]#[N+]c1cccc(N2C(=O)C(=Cc3ccc(O)c(OCC)c3)SC2=S)c1. The van der Waals surface area contributed by atoms with E-state index >= 15 is 0 Å². The predicted molar refractivity (Wildman–Crippen MR) is 108 cm³/mol. The standard InChI is InChI=1S/C19H14N2O3S2/c1-3-24-16-9-12(7-8-15(16)22)10-17-18(23)21(19(25)26-17)14-6-4-5-13(11-14)20-2/h4-11,22H,3H2,1H3. The number of hydrogen-bond acceptors (Lipinski definition) is 5. The molecule has 26 heavy (non-hydrogen) atoms. The Hall–Kier alpha value is -2.82. The summed E-state index contributed by atoms with van der Waals surface area (Å²) >= 11 is 6.54. The molecule has 1 aliphatic rings. The van der Waals surface area contributed by atoms with E-state index in [-0.39, 0.29) is 11.7 Å². The molecule has 2 aromatic carbocycles. The molecule has 0 atom stereocenters. The Kier molecular flexibility index (Phi) is 5.26. The molecule has 0 unspecified atom stereocenters. The number of benzene rings is 2. The highest BCUT2D eigenvalue weighted by atomic mass is 32.2. The monoisotopic (exact) mass is 382 g/mol. The summed E-state index contributed by atoms with van der Waals surface area (Å²) in [5.41, 5.74) is 1.74. The van der Waals surface area contributed by atoms with Crippen molar-refractivity contribution in [1.29, 1.82) is 0 Å². The smallest absolute Gasteiger partial charge is 0.270 e. The first-order valence-corrected chi connectivity index (χ1v) is 8.97. The zero-order valence-electron chi connectivity index (χ0n) is 13.8. The van der Waals surface area contributed by atoms with Crippen LogP contribution < -0.4 is 9.64 Å². The van der Waals surface area contributed by atoms with Crippen molar-refractivity contribution in [1.82, 2.24) is 0 Å². The summed E-state index contributed by atoms with van der Waals surface area (Å²) < 4.78 is 5.78. The minimum absolute atomic E-state index is 0.0486. The zero-order valence-corrected chi connectivity index (χ0v) is 15.4. The number of aromatic hydroxyl groups is 1. The topological polar surface area (TPSA) is 54.1 Å². The molecular formula is C19H14N2O3S2. The van der Waals surface area contributed by atoms with E-state index in [1.165, 1.54) is 22.7 Å². The number of carbonyl (C=O) groups excluding carboxylic acids is 1. The lowest BCUT2D eigenvalue weighted by Crippen LogP contribution is -2.27. The zero-order chi connectivity index (χ0) is 18.7. The van der Waals surface area contributed by atoms with Crippen LogP contribution in [0, 0.1) is 6.57 Å². The van der Waals surface area contributed by atoms with Crippen molar-refractivity contribution in [2.24, 2.45) is 0 Å². The fraction of sp³-hybridized carbons (Fsp3) is 0.105. The normalized spacial score (nSPS) is 15.4. The van der Waals surface area contributed by atoms with E-state index in [1.807, 2.05) is 6.92 Å². The first kappa shape index (κ1) is 18.0. The Balaban J connectivity index is 1.92. The van der Waals surface area contributed by atoms with Crippen molar-refractivity contribution >= 4 is 51.7 Å². The van der Waals surface area contributed by atoms with Crippen LogP contribution in [0.5, 0.6) is 11.5 Å². The molecule has 1 saturated heterocycles. The first-order valence-electron chi connectivity index (χ1n) is 7.74. The van der Waals surface area contributed by atoms with Gasteiger partial charge in [0.1, 0.15) is 0 Å². The molecule has 0 radical (unpaired) electrons. The molecule has 0 aromatic heterocycles. The summed E-state index contributed by atoms with van der Waals surface area (Å²) in [5, 5.41) is 9.79. The summed E-state index contributed by atoms with van der Waals surface area (Å²) in [6.07, 6.45) is 1.71. The Morgan fingerprint density at radius 3 is 2.88 bits per heavy atom. The average Bonchev–Trinajstić information content (AvgIpc) is 2.91. The van der Waals surface area contributed by atoms with Crippen LogP contribution in [0.15, 0.2) is 47.4 Å². The van der Waals surface area contributed by atoms with Gasteiger partial charge in [-0.2, -0.15) is 0 Å². The van der Waals surface area contributed by atoms with Gasteiger partial charge in [-0.3, -0.25) is 9.69 Å². The van der Waals surface area contributed by atoms with E-state index in [1.54, 1.807) is 42.5 Å². The summed E-state index contributed by atoms with van der Waals surface area (Å²) in [5.74, 6) is 0.169. The Bertz CT molecular complexity index is 963. The van der Waals surface area contributed by atoms with Crippen molar-refractivity contribution in [2.75, 3.05) is 11.5 Å². The molecule has 0 saturated carbocycles. The fourth-order valence-electron chi connectivity index (χ4n) is 2.43. The van der Waals surface area contributed by atoms with Gasteiger partial charge in [0.05, 0.1) is 18.1 Å². The fourth-order valence-corrected chi connectivity index (χ4v) is 3.73. The van der Waals surface area contributed by atoms with Crippen LogP contribution in [-0.4, -0.2) is 21.9 Å². The van der Waals surface area contributed by atoms with E-state index in [9.17, 15) is 9.90 Å². The summed E-state index contributed by atoms with van der Waals surface area (Å²) in [7, 11) is 0. The van der Waals surface area contributed by atoms with Crippen molar-refractivity contribution in [3.63, 3.8) is 0 Å².